The Morgan fingerprint density at radius 2 is 1.16 bits per heavy atom. The van der Waals surface area contributed by atoms with Gasteiger partial charge in [-0.15, -0.1) is 0 Å². The first kappa shape index (κ1) is 30.5. The van der Waals surface area contributed by atoms with Crippen LogP contribution >= 0.6 is 7.60 Å². The van der Waals surface area contributed by atoms with Gasteiger partial charge in [0.05, 0.1) is 6.61 Å². The van der Waals surface area contributed by atoms with Gasteiger partial charge < -0.3 is 24.0 Å². The molecule has 0 saturated heterocycles. The van der Waals surface area contributed by atoms with Gasteiger partial charge in [0, 0.05) is 13.7 Å². The van der Waals surface area contributed by atoms with E-state index in [0.29, 0.717) is 6.61 Å². The summed E-state index contributed by atoms with van der Waals surface area (Å²) in [7, 11) is -3.41. The standard InChI is InChI=1S/C23H47O7P/c1-3-4-5-6-7-8-9-10-11-12-13-14-15-16-17-18-19-29-20-22(28-2)21-30-23(24)31(25,26)27/h22H,3-21H2,1-2H3,(H2,25,26,27)/t22-/m1/s1. The van der Waals surface area contributed by atoms with Crippen LogP contribution in [0.25, 0.3) is 0 Å². The normalized spacial score (nSPS) is 12.8. The van der Waals surface area contributed by atoms with Crippen LogP contribution in [0.15, 0.2) is 0 Å². The Kier molecular flexibility index (Phi) is 21.1. The smallest absolute Gasteiger partial charge is 0.433 e. The van der Waals surface area contributed by atoms with Crippen LogP contribution in [0, 0.1) is 0 Å². The summed E-state index contributed by atoms with van der Waals surface area (Å²) in [6, 6.07) is 0. The zero-order valence-electron chi connectivity index (χ0n) is 19.9. The van der Waals surface area contributed by atoms with Gasteiger partial charge in [0.2, 0.25) is 0 Å². The average molecular weight is 467 g/mol. The van der Waals surface area contributed by atoms with Crippen molar-refractivity contribution < 1.29 is 33.4 Å². The second-order valence-corrected chi connectivity index (χ2v) is 9.81. The van der Waals surface area contributed by atoms with Crippen molar-refractivity contribution in [2.75, 3.05) is 26.9 Å². The Bertz CT molecular complexity index is 453. The summed E-state index contributed by atoms with van der Waals surface area (Å²) in [5.74, 6) is 0. The molecule has 0 aromatic heterocycles. The maximum atomic E-state index is 11.0. The van der Waals surface area contributed by atoms with E-state index in [9.17, 15) is 9.36 Å². The fourth-order valence-corrected chi connectivity index (χ4v) is 3.64. The monoisotopic (exact) mass is 466 g/mol. The first-order valence-corrected chi connectivity index (χ1v) is 13.9. The van der Waals surface area contributed by atoms with Crippen molar-refractivity contribution in [2.45, 2.75) is 116 Å². The summed E-state index contributed by atoms with van der Waals surface area (Å²) < 4.78 is 25.9. The van der Waals surface area contributed by atoms with E-state index in [1.165, 1.54) is 97.0 Å². The molecule has 0 rings (SSSR count). The van der Waals surface area contributed by atoms with Gasteiger partial charge >= 0.3 is 13.3 Å². The van der Waals surface area contributed by atoms with Crippen LogP contribution in [0.1, 0.15) is 110 Å². The van der Waals surface area contributed by atoms with Crippen LogP contribution in [-0.2, 0) is 18.8 Å². The number of carbonyl (C=O) groups is 1. The van der Waals surface area contributed by atoms with Crippen LogP contribution in [-0.4, -0.2) is 48.5 Å². The van der Waals surface area contributed by atoms with Crippen LogP contribution in [0.5, 0.6) is 0 Å². The van der Waals surface area contributed by atoms with Gasteiger partial charge in [-0.1, -0.05) is 103 Å². The van der Waals surface area contributed by atoms with E-state index in [-0.39, 0.29) is 13.2 Å². The molecule has 2 N–H and O–H groups in total. The highest BCUT2D eigenvalue weighted by atomic mass is 31.2. The van der Waals surface area contributed by atoms with Crippen molar-refractivity contribution in [2.24, 2.45) is 0 Å². The fraction of sp³-hybridized carbons (Fsp3) is 0.957. The van der Waals surface area contributed by atoms with E-state index in [1.807, 2.05) is 0 Å². The summed E-state index contributed by atoms with van der Waals surface area (Å²) in [6.07, 6.45) is 20.6. The van der Waals surface area contributed by atoms with Gasteiger partial charge in [-0.2, -0.15) is 0 Å². The summed E-state index contributed by atoms with van der Waals surface area (Å²) in [4.78, 5) is 28.4. The number of ether oxygens (including phenoxy) is 3. The van der Waals surface area contributed by atoms with E-state index >= 15 is 0 Å². The maximum absolute atomic E-state index is 11.0. The molecule has 0 aliphatic heterocycles. The number of methoxy groups -OCH3 is 1. The van der Waals surface area contributed by atoms with Crippen molar-refractivity contribution in [1.82, 2.24) is 0 Å². The molecule has 0 unspecified atom stereocenters. The van der Waals surface area contributed by atoms with E-state index in [1.54, 1.807) is 0 Å². The number of hydrogen-bond donors (Lipinski definition) is 2. The molecular formula is C23H47O7P. The molecule has 0 aromatic rings. The molecule has 0 amide bonds. The summed E-state index contributed by atoms with van der Waals surface area (Å²) in [5.41, 5.74) is -1.53. The van der Waals surface area contributed by atoms with Gasteiger partial charge in [0.15, 0.2) is 0 Å². The van der Waals surface area contributed by atoms with E-state index in [4.69, 9.17) is 19.3 Å². The van der Waals surface area contributed by atoms with Crippen LogP contribution in [0.4, 0.5) is 4.79 Å². The maximum Gasteiger partial charge on any atom is 0.433 e. The minimum Gasteiger partial charge on any atom is -0.454 e. The minimum atomic E-state index is -4.85. The van der Waals surface area contributed by atoms with Crippen molar-refractivity contribution in [1.29, 1.82) is 0 Å². The first-order valence-electron chi connectivity index (χ1n) is 12.2. The topological polar surface area (TPSA) is 102 Å². The Labute approximate surface area is 189 Å². The number of rotatable bonds is 23. The highest BCUT2D eigenvalue weighted by Gasteiger charge is 2.28. The lowest BCUT2D eigenvalue weighted by Crippen LogP contribution is -2.26. The molecular weight excluding hydrogens is 419 g/mol. The Balaban J connectivity index is 3.33. The van der Waals surface area contributed by atoms with Gasteiger partial charge in [-0.05, 0) is 6.42 Å². The minimum absolute atomic E-state index is 0.226. The molecule has 8 heteroatoms. The van der Waals surface area contributed by atoms with Gasteiger partial charge in [0.1, 0.15) is 12.7 Å². The SMILES string of the molecule is CCCCCCCCCCCCCCCCCCOC[C@H](COC(=O)P(=O)(O)O)OC. The number of hydrogen-bond acceptors (Lipinski definition) is 5. The summed E-state index contributed by atoms with van der Waals surface area (Å²) in [6.45, 7) is 2.86. The zero-order valence-corrected chi connectivity index (χ0v) is 20.8. The molecule has 1 atom stereocenters. The van der Waals surface area contributed by atoms with Gasteiger partial charge in [-0.3, -0.25) is 0 Å². The third kappa shape index (κ3) is 21.2. The number of carbonyl (C=O) groups excluding carboxylic acids is 1. The molecule has 186 valence electrons. The number of unbranched alkanes of at least 4 members (excludes halogenated alkanes) is 15. The van der Waals surface area contributed by atoms with Crippen molar-refractivity contribution >= 4 is 13.3 Å². The van der Waals surface area contributed by atoms with E-state index < -0.39 is 19.4 Å². The zero-order chi connectivity index (χ0) is 23.2. The van der Waals surface area contributed by atoms with Gasteiger partial charge in [-0.25, -0.2) is 9.36 Å². The first-order chi connectivity index (χ1) is 14.9. The second kappa shape index (κ2) is 21.4. The molecule has 0 radical (unpaired) electrons. The lowest BCUT2D eigenvalue weighted by Gasteiger charge is -2.15. The highest BCUT2D eigenvalue weighted by Crippen LogP contribution is 2.36. The average Bonchev–Trinajstić information content (AvgIpc) is 2.74. The molecule has 0 aliphatic carbocycles. The lowest BCUT2D eigenvalue weighted by molar-refractivity contribution is -0.0222. The van der Waals surface area contributed by atoms with Crippen molar-refractivity contribution in [3.05, 3.63) is 0 Å². The summed E-state index contributed by atoms with van der Waals surface area (Å²) in [5, 5.41) is 0. The van der Waals surface area contributed by atoms with Gasteiger partial charge in [0.25, 0.3) is 0 Å². The molecule has 0 heterocycles. The highest BCUT2D eigenvalue weighted by molar-refractivity contribution is 7.69. The third-order valence-corrected chi connectivity index (χ3v) is 6.01. The molecule has 0 fully saturated rings. The fourth-order valence-electron chi connectivity index (χ4n) is 3.40. The molecule has 0 bridgehead atoms. The Morgan fingerprint density at radius 1 is 0.742 bits per heavy atom. The van der Waals surface area contributed by atoms with Crippen molar-refractivity contribution in [3.8, 4) is 0 Å². The molecule has 0 saturated carbocycles. The Hall–Kier alpha value is -0.460. The van der Waals surface area contributed by atoms with E-state index in [0.717, 1.165) is 12.8 Å². The van der Waals surface area contributed by atoms with Crippen LogP contribution in [0.3, 0.4) is 0 Å². The molecule has 31 heavy (non-hydrogen) atoms. The largest absolute Gasteiger partial charge is 0.454 e. The van der Waals surface area contributed by atoms with Crippen LogP contribution < -0.4 is 0 Å². The predicted octanol–water partition coefficient (Wildman–Crippen LogP) is 6.59. The Morgan fingerprint density at radius 3 is 1.55 bits per heavy atom. The molecule has 0 aromatic carbocycles. The lowest BCUT2D eigenvalue weighted by atomic mass is 10.0. The quantitative estimate of drug-likeness (QED) is 0.129. The summed E-state index contributed by atoms with van der Waals surface area (Å²) >= 11 is 0. The third-order valence-electron chi connectivity index (χ3n) is 5.41. The molecule has 0 aliphatic rings. The molecule has 0 spiro atoms. The molecule has 7 nitrogen and oxygen atoms in total. The second-order valence-electron chi connectivity index (χ2n) is 8.36. The van der Waals surface area contributed by atoms with E-state index in [2.05, 4.69) is 11.7 Å². The van der Waals surface area contributed by atoms with Crippen molar-refractivity contribution in [3.63, 3.8) is 0 Å². The van der Waals surface area contributed by atoms with Crippen LogP contribution in [0.2, 0.25) is 0 Å². The predicted molar refractivity (Wildman–Crippen MR) is 125 cm³/mol.